The third-order valence-corrected chi connectivity index (χ3v) is 6.96. The average Bonchev–Trinajstić information content (AvgIpc) is 3.24. The number of benzene rings is 3. The lowest BCUT2D eigenvalue weighted by atomic mass is 10.1. The topological polar surface area (TPSA) is 124 Å². The molecule has 1 aromatic heterocycles. The average molecular weight is 559 g/mol. The van der Waals surface area contributed by atoms with Crippen molar-refractivity contribution in [3.05, 3.63) is 102 Å². The maximum absolute atomic E-state index is 13.0. The van der Waals surface area contributed by atoms with Crippen molar-refractivity contribution < 1.29 is 30.0 Å². The van der Waals surface area contributed by atoms with Gasteiger partial charge in [0.1, 0.15) is 0 Å². The van der Waals surface area contributed by atoms with Crippen molar-refractivity contribution in [2.24, 2.45) is 5.14 Å². The number of hydrogen-bond acceptors (Lipinski definition) is 5. The van der Waals surface area contributed by atoms with Gasteiger partial charge in [0, 0.05) is 10.6 Å². The number of nitrogens with one attached hydrogen (secondary N) is 1. The van der Waals surface area contributed by atoms with Gasteiger partial charge in [-0.3, -0.25) is 0 Å². The van der Waals surface area contributed by atoms with Gasteiger partial charge in [-0.1, -0.05) is 60.1 Å². The van der Waals surface area contributed by atoms with Gasteiger partial charge in [-0.15, -0.1) is 5.10 Å². The maximum atomic E-state index is 13.0. The van der Waals surface area contributed by atoms with Crippen LogP contribution in [-0.4, -0.2) is 26.7 Å². The van der Waals surface area contributed by atoms with Crippen LogP contribution in [-0.2, 0) is 26.2 Å². The third kappa shape index (κ3) is 7.07. The van der Waals surface area contributed by atoms with Crippen LogP contribution in [0.4, 0.5) is 13.2 Å². The molecule has 4 rings (SSSR count). The second kappa shape index (κ2) is 10.7. The molecule has 0 atom stereocenters. The molecule has 3 aromatic carbocycles. The van der Waals surface area contributed by atoms with Crippen molar-refractivity contribution in [3.63, 3.8) is 0 Å². The summed E-state index contributed by atoms with van der Waals surface area (Å²) in [5.41, 5.74) is -0.986. The molecule has 0 saturated carbocycles. The molecule has 0 aliphatic rings. The summed E-state index contributed by atoms with van der Waals surface area (Å²) in [5, 5.41) is 8.58. The van der Waals surface area contributed by atoms with Crippen molar-refractivity contribution in [1.82, 2.24) is 9.89 Å². The van der Waals surface area contributed by atoms with Gasteiger partial charge in [0.25, 0.3) is 10.0 Å². The highest BCUT2D eigenvalue weighted by Gasteiger charge is 2.35. The molecule has 0 spiro atoms. The molecule has 4 aromatic rings. The molecule has 1 heterocycles. The van der Waals surface area contributed by atoms with Gasteiger partial charge in [0.15, 0.2) is 5.69 Å². The Morgan fingerprint density at radius 2 is 1.31 bits per heavy atom. The van der Waals surface area contributed by atoms with Gasteiger partial charge in [0.2, 0.25) is 10.0 Å². The fourth-order valence-electron chi connectivity index (χ4n) is 2.79. The van der Waals surface area contributed by atoms with E-state index in [2.05, 4.69) is 9.93 Å². The highest BCUT2D eigenvalue weighted by molar-refractivity contribution is 7.92. The Labute approximate surface area is 210 Å². The smallest absolute Gasteiger partial charge is 0.225 e. The van der Waals surface area contributed by atoms with Gasteiger partial charge >= 0.3 is 6.18 Å². The standard InChI is InChI=1S/C16H11ClF3N3O2S.C6H7NO2S/c17-12-8-6-11(7-9-12)14-10-15(16(18,19)20)21-23(14)22-26(24,25)13-4-2-1-3-5-13;7-10(8,9)6-4-2-1-3-5-6/h1-10,22H;1-5H,(H2,7,8,9). The summed E-state index contributed by atoms with van der Waals surface area (Å²) in [5.74, 6) is 0. The van der Waals surface area contributed by atoms with Crippen molar-refractivity contribution in [2.45, 2.75) is 16.0 Å². The zero-order valence-electron chi connectivity index (χ0n) is 18.1. The first kappa shape index (κ1) is 27.2. The van der Waals surface area contributed by atoms with Gasteiger partial charge in [-0.05, 0) is 42.5 Å². The number of alkyl halides is 3. The SMILES string of the molecule is NS(=O)(=O)c1ccccc1.O=S(=O)(Nn1nc(C(F)(F)F)cc1-c1ccc(Cl)cc1)c1ccccc1. The number of aromatic nitrogens is 2. The summed E-state index contributed by atoms with van der Waals surface area (Å²) in [7, 11) is -7.63. The number of hydrogen-bond donors (Lipinski definition) is 2. The van der Waals surface area contributed by atoms with E-state index >= 15 is 0 Å². The van der Waals surface area contributed by atoms with Gasteiger partial charge in [0.05, 0.1) is 15.5 Å². The number of rotatable bonds is 5. The van der Waals surface area contributed by atoms with Crippen LogP contribution < -0.4 is 9.97 Å². The molecular formula is C22H18ClF3N4O4S2. The molecule has 0 amide bonds. The molecule has 0 aliphatic carbocycles. The van der Waals surface area contributed by atoms with Crippen molar-refractivity contribution in [3.8, 4) is 11.3 Å². The Hall–Kier alpha value is -3.39. The minimum atomic E-state index is -4.73. The summed E-state index contributed by atoms with van der Waals surface area (Å²) >= 11 is 5.79. The van der Waals surface area contributed by atoms with Crippen LogP contribution >= 0.6 is 11.6 Å². The molecule has 0 fully saturated rings. The summed E-state index contributed by atoms with van der Waals surface area (Å²) < 4.78 is 85.2. The van der Waals surface area contributed by atoms with Crippen LogP contribution in [0.5, 0.6) is 0 Å². The van der Waals surface area contributed by atoms with Crippen LogP contribution in [0.15, 0.2) is 101 Å². The van der Waals surface area contributed by atoms with Crippen LogP contribution in [0.1, 0.15) is 5.69 Å². The Morgan fingerprint density at radius 1 is 0.806 bits per heavy atom. The predicted octanol–water partition coefficient (Wildman–Crippen LogP) is 4.49. The van der Waals surface area contributed by atoms with Crippen molar-refractivity contribution in [1.29, 1.82) is 0 Å². The molecular weight excluding hydrogens is 541 g/mol. The first-order valence-electron chi connectivity index (χ1n) is 9.86. The van der Waals surface area contributed by atoms with Gasteiger partial charge in [-0.2, -0.15) is 31.2 Å². The summed E-state index contributed by atoms with van der Waals surface area (Å²) in [6.45, 7) is 0. The van der Waals surface area contributed by atoms with E-state index in [0.29, 0.717) is 15.4 Å². The number of sulfonamides is 2. The quantitative estimate of drug-likeness (QED) is 0.373. The van der Waals surface area contributed by atoms with Crippen LogP contribution in [0.3, 0.4) is 0 Å². The van der Waals surface area contributed by atoms with Crippen molar-refractivity contribution >= 4 is 31.6 Å². The Morgan fingerprint density at radius 3 is 1.75 bits per heavy atom. The molecule has 190 valence electrons. The molecule has 0 aliphatic heterocycles. The molecule has 8 nitrogen and oxygen atoms in total. The zero-order valence-corrected chi connectivity index (χ0v) is 20.5. The largest absolute Gasteiger partial charge is 0.435 e. The van der Waals surface area contributed by atoms with Gasteiger partial charge < -0.3 is 0 Å². The first-order chi connectivity index (χ1) is 16.8. The molecule has 0 saturated heterocycles. The van der Waals surface area contributed by atoms with E-state index in [4.69, 9.17) is 16.7 Å². The highest BCUT2D eigenvalue weighted by Crippen LogP contribution is 2.32. The molecule has 0 unspecified atom stereocenters. The van der Waals surface area contributed by atoms with E-state index in [1.54, 1.807) is 24.3 Å². The minimum Gasteiger partial charge on any atom is -0.225 e. The predicted molar refractivity (Wildman–Crippen MR) is 128 cm³/mol. The van der Waals surface area contributed by atoms with E-state index in [9.17, 15) is 30.0 Å². The number of nitrogens with zero attached hydrogens (tertiary/aromatic N) is 2. The highest BCUT2D eigenvalue weighted by atomic mass is 35.5. The summed E-state index contributed by atoms with van der Waals surface area (Å²) in [4.78, 5) is 2.69. The van der Waals surface area contributed by atoms with E-state index in [-0.39, 0.29) is 15.5 Å². The van der Waals surface area contributed by atoms with Crippen molar-refractivity contribution in [2.75, 3.05) is 4.83 Å². The molecule has 3 N–H and O–H groups in total. The lowest BCUT2D eigenvalue weighted by molar-refractivity contribution is -0.141. The van der Waals surface area contributed by atoms with Gasteiger partial charge in [-0.25, -0.2) is 13.6 Å². The molecule has 0 bridgehead atoms. The fourth-order valence-corrected chi connectivity index (χ4v) is 4.44. The molecule has 14 heteroatoms. The molecule has 0 radical (unpaired) electrons. The second-order valence-electron chi connectivity index (χ2n) is 7.10. The van der Waals surface area contributed by atoms with E-state index in [1.807, 2.05) is 0 Å². The Balaban J connectivity index is 0.000000303. The number of primary sulfonamides is 1. The van der Waals surface area contributed by atoms with E-state index in [0.717, 1.165) is 6.07 Å². The maximum Gasteiger partial charge on any atom is 0.435 e. The fraction of sp³-hybridized carbons (Fsp3) is 0.0455. The summed E-state index contributed by atoms with van der Waals surface area (Å²) in [6.07, 6.45) is -4.73. The Kier molecular flexibility index (Phi) is 8.09. The molecule has 36 heavy (non-hydrogen) atoms. The van der Waals surface area contributed by atoms with E-state index < -0.39 is 31.9 Å². The zero-order chi connectivity index (χ0) is 26.6. The van der Waals surface area contributed by atoms with Crippen LogP contribution in [0, 0.1) is 0 Å². The van der Waals surface area contributed by atoms with Crippen LogP contribution in [0.2, 0.25) is 5.02 Å². The second-order valence-corrected chi connectivity index (χ2v) is 10.8. The van der Waals surface area contributed by atoms with Crippen LogP contribution in [0.25, 0.3) is 11.3 Å². The normalized spacial score (nSPS) is 11.9. The van der Waals surface area contributed by atoms with E-state index in [1.165, 1.54) is 60.7 Å². The third-order valence-electron chi connectivity index (χ3n) is 4.47. The number of nitrogens with two attached hydrogens (primary N) is 1. The lowest BCUT2D eigenvalue weighted by Gasteiger charge is -2.11. The summed E-state index contributed by atoms with van der Waals surface area (Å²) in [6, 6.07) is 21.8. The first-order valence-corrected chi connectivity index (χ1v) is 13.3. The monoisotopic (exact) mass is 558 g/mol. The minimum absolute atomic E-state index is 0.0755. The lowest BCUT2D eigenvalue weighted by Crippen LogP contribution is -2.25. The Bertz CT molecular complexity index is 1530. The number of halogens is 4.